The lowest BCUT2D eigenvalue weighted by atomic mass is 10.1. The van der Waals surface area contributed by atoms with E-state index in [1.165, 1.54) is 6.26 Å². The van der Waals surface area contributed by atoms with Crippen molar-refractivity contribution in [2.75, 3.05) is 6.54 Å². The summed E-state index contributed by atoms with van der Waals surface area (Å²) in [4.78, 5) is 12.2. The Morgan fingerprint density at radius 3 is 2.55 bits per heavy atom. The summed E-state index contributed by atoms with van der Waals surface area (Å²) >= 11 is 0. The summed E-state index contributed by atoms with van der Waals surface area (Å²) in [6.07, 6.45) is 2.24. The predicted molar refractivity (Wildman–Crippen MR) is 84.6 cm³/mol. The number of aliphatic hydroxyl groups is 1. The van der Waals surface area contributed by atoms with E-state index in [1.807, 2.05) is 48.5 Å². The van der Waals surface area contributed by atoms with Crippen LogP contribution in [-0.2, 0) is 13.0 Å². The zero-order valence-corrected chi connectivity index (χ0v) is 12.1. The van der Waals surface area contributed by atoms with Gasteiger partial charge >= 0.3 is 0 Å². The molecule has 1 amide bonds. The molecule has 112 valence electrons. The summed E-state index contributed by atoms with van der Waals surface area (Å²) in [6, 6.07) is 15.2. The highest BCUT2D eigenvalue weighted by Gasteiger charge is 2.12. The second-order valence-corrected chi connectivity index (χ2v) is 5.13. The van der Waals surface area contributed by atoms with E-state index in [9.17, 15) is 4.79 Å². The highest BCUT2D eigenvalue weighted by Crippen LogP contribution is 2.20. The number of furan rings is 1. The van der Waals surface area contributed by atoms with Crippen LogP contribution in [0.4, 0.5) is 0 Å². The second-order valence-electron chi connectivity index (χ2n) is 5.13. The van der Waals surface area contributed by atoms with Gasteiger partial charge in [0.05, 0.1) is 12.2 Å². The molecule has 0 unspecified atom stereocenters. The molecule has 0 atom stereocenters. The van der Waals surface area contributed by atoms with Crippen LogP contribution in [0.1, 0.15) is 21.5 Å². The standard InChI is InChI=1S/C18H17NO3/c20-11-14-7-5-13(6-8-14)9-10-19-18(21)16-12-22-17-4-2-1-3-15(16)17/h1-8,12,20H,9-11H2,(H,19,21). The van der Waals surface area contributed by atoms with Gasteiger partial charge in [0.25, 0.3) is 5.91 Å². The smallest absolute Gasteiger partial charge is 0.255 e. The van der Waals surface area contributed by atoms with E-state index in [-0.39, 0.29) is 12.5 Å². The molecule has 0 saturated carbocycles. The van der Waals surface area contributed by atoms with Gasteiger partial charge in [-0.2, -0.15) is 0 Å². The summed E-state index contributed by atoms with van der Waals surface area (Å²) in [5.41, 5.74) is 3.28. The third kappa shape index (κ3) is 3.02. The SMILES string of the molecule is O=C(NCCc1ccc(CO)cc1)c1coc2ccccc12. The van der Waals surface area contributed by atoms with Gasteiger partial charge in [0.2, 0.25) is 0 Å². The number of aliphatic hydroxyl groups excluding tert-OH is 1. The van der Waals surface area contributed by atoms with Crippen LogP contribution in [0, 0.1) is 0 Å². The van der Waals surface area contributed by atoms with Crippen molar-refractivity contribution in [2.24, 2.45) is 0 Å². The van der Waals surface area contributed by atoms with Crippen molar-refractivity contribution in [3.05, 3.63) is 71.5 Å². The van der Waals surface area contributed by atoms with Gasteiger partial charge in [-0.3, -0.25) is 4.79 Å². The van der Waals surface area contributed by atoms with Crippen LogP contribution >= 0.6 is 0 Å². The van der Waals surface area contributed by atoms with Crippen LogP contribution in [0.3, 0.4) is 0 Å². The normalized spacial score (nSPS) is 10.8. The molecular formula is C18H17NO3. The number of hydrogen-bond donors (Lipinski definition) is 2. The number of nitrogens with one attached hydrogen (secondary N) is 1. The zero-order chi connectivity index (χ0) is 15.4. The van der Waals surface area contributed by atoms with Crippen molar-refractivity contribution in [3.8, 4) is 0 Å². The van der Waals surface area contributed by atoms with Crippen molar-refractivity contribution in [1.29, 1.82) is 0 Å². The lowest BCUT2D eigenvalue weighted by Gasteiger charge is -2.05. The lowest BCUT2D eigenvalue weighted by Crippen LogP contribution is -2.25. The molecule has 4 nitrogen and oxygen atoms in total. The topological polar surface area (TPSA) is 62.5 Å². The lowest BCUT2D eigenvalue weighted by molar-refractivity contribution is 0.0955. The molecule has 0 aliphatic heterocycles. The maximum absolute atomic E-state index is 12.2. The van der Waals surface area contributed by atoms with Crippen molar-refractivity contribution in [2.45, 2.75) is 13.0 Å². The first-order valence-electron chi connectivity index (χ1n) is 7.21. The molecule has 0 saturated heterocycles. The maximum Gasteiger partial charge on any atom is 0.255 e. The van der Waals surface area contributed by atoms with E-state index >= 15 is 0 Å². The summed E-state index contributed by atoms with van der Waals surface area (Å²) < 4.78 is 5.38. The average Bonchev–Trinajstić information content (AvgIpc) is 2.99. The third-order valence-electron chi connectivity index (χ3n) is 3.63. The molecule has 0 spiro atoms. The quantitative estimate of drug-likeness (QED) is 0.761. The average molecular weight is 295 g/mol. The fourth-order valence-electron chi connectivity index (χ4n) is 2.38. The molecule has 0 aliphatic carbocycles. The number of amides is 1. The Bertz CT molecular complexity index is 774. The Morgan fingerprint density at radius 1 is 1.05 bits per heavy atom. The van der Waals surface area contributed by atoms with Crippen LogP contribution in [0.5, 0.6) is 0 Å². The third-order valence-corrected chi connectivity index (χ3v) is 3.63. The van der Waals surface area contributed by atoms with E-state index in [2.05, 4.69) is 5.32 Å². The monoisotopic (exact) mass is 295 g/mol. The molecule has 0 aliphatic rings. The van der Waals surface area contributed by atoms with Gasteiger partial charge in [0.15, 0.2) is 0 Å². The van der Waals surface area contributed by atoms with E-state index in [0.29, 0.717) is 17.7 Å². The van der Waals surface area contributed by atoms with Gasteiger partial charge in [-0.25, -0.2) is 0 Å². The molecule has 4 heteroatoms. The molecular weight excluding hydrogens is 278 g/mol. The minimum Gasteiger partial charge on any atom is -0.463 e. The van der Waals surface area contributed by atoms with Crippen LogP contribution < -0.4 is 5.32 Å². The van der Waals surface area contributed by atoms with E-state index in [4.69, 9.17) is 9.52 Å². The number of hydrogen-bond acceptors (Lipinski definition) is 3. The van der Waals surface area contributed by atoms with Gasteiger partial charge in [0, 0.05) is 11.9 Å². The molecule has 1 aromatic heterocycles. The summed E-state index contributed by atoms with van der Waals surface area (Å²) in [7, 11) is 0. The Labute approximate surface area is 128 Å². The highest BCUT2D eigenvalue weighted by molar-refractivity contribution is 6.05. The fraction of sp³-hybridized carbons (Fsp3) is 0.167. The van der Waals surface area contributed by atoms with Gasteiger partial charge in [-0.05, 0) is 23.6 Å². The summed E-state index contributed by atoms with van der Waals surface area (Å²) in [6.45, 7) is 0.599. The Balaban J connectivity index is 1.60. The summed E-state index contributed by atoms with van der Waals surface area (Å²) in [5, 5.41) is 12.7. The maximum atomic E-state index is 12.2. The van der Waals surface area contributed by atoms with Crippen LogP contribution in [0.25, 0.3) is 11.0 Å². The van der Waals surface area contributed by atoms with Crippen molar-refractivity contribution in [3.63, 3.8) is 0 Å². The molecule has 0 fully saturated rings. The van der Waals surface area contributed by atoms with Crippen LogP contribution in [0.15, 0.2) is 59.2 Å². The second kappa shape index (κ2) is 6.45. The van der Waals surface area contributed by atoms with E-state index < -0.39 is 0 Å². The van der Waals surface area contributed by atoms with Gasteiger partial charge in [-0.1, -0.05) is 42.5 Å². The van der Waals surface area contributed by atoms with Crippen LogP contribution in [0.2, 0.25) is 0 Å². The Morgan fingerprint density at radius 2 is 1.77 bits per heavy atom. The van der Waals surface area contributed by atoms with Crippen molar-refractivity contribution >= 4 is 16.9 Å². The molecule has 3 rings (SSSR count). The zero-order valence-electron chi connectivity index (χ0n) is 12.1. The minimum atomic E-state index is -0.128. The van der Waals surface area contributed by atoms with Crippen molar-refractivity contribution in [1.82, 2.24) is 5.32 Å². The van der Waals surface area contributed by atoms with Gasteiger partial charge in [-0.15, -0.1) is 0 Å². The number of carbonyl (C=O) groups is 1. The van der Waals surface area contributed by atoms with Gasteiger partial charge < -0.3 is 14.8 Å². The van der Waals surface area contributed by atoms with Crippen LogP contribution in [-0.4, -0.2) is 17.6 Å². The fourth-order valence-corrected chi connectivity index (χ4v) is 2.38. The number of benzene rings is 2. The summed E-state index contributed by atoms with van der Waals surface area (Å²) in [5.74, 6) is -0.128. The molecule has 3 aromatic rings. The van der Waals surface area contributed by atoms with Crippen molar-refractivity contribution < 1.29 is 14.3 Å². The molecule has 2 N–H and O–H groups in total. The number of para-hydroxylation sites is 1. The Kier molecular flexibility index (Phi) is 4.21. The molecule has 2 aromatic carbocycles. The molecule has 22 heavy (non-hydrogen) atoms. The number of rotatable bonds is 5. The minimum absolute atomic E-state index is 0.0462. The number of fused-ring (bicyclic) bond motifs is 1. The first-order valence-corrected chi connectivity index (χ1v) is 7.21. The highest BCUT2D eigenvalue weighted by atomic mass is 16.3. The first-order chi connectivity index (χ1) is 10.8. The largest absolute Gasteiger partial charge is 0.463 e. The molecule has 0 bridgehead atoms. The van der Waals surface area contributed by atoms with Gasteiger partial charge in [0.1, 0.15) is 11.8 Å². The van der Waals surface area contributed by atoms with E-state index in [0.717, 1.165) is 22.9 Å². The Hall–Kier alpha value is -2.59. The predicted octanol–water partition coefficient (Wildman–Crippen LogP) is 2.90. The first kappa shape index (κ1) is 14.4. The molecule has 1 heterocycles. The molecule has 0 radical (unpaired) electrons. The van der Waals surface area contributed by atoms with E-state index in [1.54, 1.807) is 0 Å². The number of carbonyl (C=O) groups excluding carboxylic acids is 1.